The van der Waals surface area contributed by atoms with Crippen LogP contribution in [0, 0.1) is 0 Å². The third kappa shape index (κ3) is 28.9. The Balaban J connectivity index is 0.000000162. The number of nitrogens with zero attached hydrogens (tertiary/aromatic N) is 4. The number of anilines is 2. The van der Waals surface area contributed by atoms with Crippen LogP contribution in [-0.4, -0.2) is 38.3 Å². The van der Waals surface area contributed by atoms with Crippen molar-refractivity contribution in [3.8, 4) is 11.1 Å². The Kier molecular flexibility index (Phi) is 38.3. The maximum Gasteiger partial charge on any atom is 0.219 e. The van der Waals surface area contributed by atoms with Crippen LogP contribution in [0.15, 0.2) is 451 Å². The van der Waals surface area contributed by atoms with E-state index >= 15 is 0 Å². The van der Waals surface area contributed by atoms with Gasteiger partial charge in [-0.15, -0.1) is 0 Å². The van der Waals surface area contributed by atoms with Crippen LogP contribution in [0.3, 0.4) is 0 Å². The molecule has 0 unspecified atom stereocenters. The predicted molar refractivity (Wildman–Crippen MR) is 479 cm³/mol. The molecule has 0 aliphatic carbocycles. The van der Waals surface area contributed by atoms with Crippen LogP contribution in [-0.2, 0) is 20.4 Å². The molecule has 14 aromatic carbocycles. The predicted octanol–water partition coefficient (Wildman–Crippen LogP) is 18.3. The van der Waals surface area contributed by atoms with Gasteiger partial charge >= 0.3 is 0 Å². The molecule has 6 N–H and O–H groups in total. The normalized spacial score (nSPS) is 10.1. The minimum absolute atomic E-state index is 0. The van der Waals surface area contributed by atoms with E-state index in [9.17, 15) is 0 Å². The van der Waals surface area contributed by atoms with Crippen molar-refractivity contribution < 1.29 is 30.9 Å². The summed E-state index contributed by atoms with van der Waals surface area (Å²) in [5.74, 6) is 0.596. The van der Waals surface area contributed by atoms with Gasteiger partial charge < -0.3 is 11.5 Å². The molecule has 0 amide bonds. The van der Waals surface area contributed by atoms with Crippen LogP contribution in [0.25, 0.3) is 11.1 Å². The van der Waals surface area contributed by atoms with Gasteiger partial charge in [0.05, 0.1) is 4.47 Å². The van der Waals surface area contributed by atoms with Crippen molar-refractivity contribution in [2.75, 3.05) is 11.5 Å². The Morgan fingerprint density at radius 1 is 0.211 bits per heavy atom. The Labute approximate surface area is 686 Å². The molecule has 0 fully saturated rings. The zero-order chi connectivity index (χ0) is 75.6. The first kappa shape index (κ1) is 85.3. The zero-order valence-electron chi connectivity index (χ0n) is 59.2. The molecule has 0 bridgehead atoms. The van der Waals surface area contributed by atoms with E-state index in [1.54, 1.807) is 24.8 Å². The van der Waals surface area contributed by atoms with Crippen LogP contribution in [0.1, 0.15) is 0 Å². The smallest absolute Gasteiger partial charge is 0.219 e. The maximum atomic E-state index is 6.00. The van der Waals surface area contributed by atoms with Crippen molar-refractivity contribution >= 4 is 168 Å². The molecule has 542 valence electrons. The molecule has 16 rings (SSSR count). The van der Waals surface area contributed by atoms with Gasteiger partial charge in [-0.1, -0.05) is 426 Å². The van der Waals surface area contributed by atoms with Gasteiger partial charge in [0.25, 0.3) is 0 Å². The van der Waals surface area contributed by atoms with E-state index in [0.717, 1.165) is 30.0 Å². The van der Waals surface area contributed by atoms with Crippen LogP contribution in [0.2, 0.25) is 0 Å². The van der Waals surface area contributed by atoms with E-state index in [-0.39, 0.29) is 20.4 Å². The number of halogens is 3. The molecular formula is C92H78BBr3N6O2P4Pd. The molecule has 109 heavy (non-hydrogen) atoms. The molecule has 0 saturated carbocycles. The average Bonchev–Trinajstić information content (AvgIpc) is 0.907. The first-order chi connectivity index (χ1) is 53.1. The monoisotopic (exact) mass is 1780 g/mol. The van der Waals surface area contributed by atoms with Gasteiger partial charge in [-0.25, -0.2) is 19.9 Å². The SMILES string of the molecule is Nc1ncc(-c2ccc(Br)cc2)cn1.Nc1ncc(Br)cn1.OO.[B]c1ccc(Br)cc1.[Pd].c1ccc(P(c2ccccc2)c2ccccc2)cc1.c1ccc(P(c2ccccc2)c2ccccc2)cc1.c1ccc(P(c2ccccc2)c2ccccc2)cc1.c1ccc(P(c2ccccc2)c2ccccc2)cc1. The summed E-state index contributed by atoms with van der Waals surface area (Å²) in [5, 5.41) is 28.8. The molecule has 0 aliphatic heterocycles. The van der Waals surface area contributed by atoms with Crippen molar-refractivity contribution in [2.45, 2.75) is 0 Å². The summed E-state index contributed by atoms with van der Waals surface area (Å²) in [6.45, 7) is 0. The fourth-order valence-corrected chi connectivity index (χ4v) is 20.6. The molecule has 0 spiro atoms. The van der Waals surface area contributed by atoms with E-state index in [1.165, 1.54) is 63.7 Å². The van der Waals surface area contributed by atoms with Gasteiger partial charge in [-0.05, 0) is 141 Å². The van der Waals surface area contributed by atoms with Crippen LogP contribution >= 0.6 is 79.5 Å². The number of benzene rings is 14. The molecule has 16 aromatic rings. The second-order valence-corrected chi connectivity index (χ2v) is 34.6. The fourth-order valence-electron chi connectivity index (χ4n) is 10.6. The molecule has 0 atom stereocenters. The molecular weight excluding hydrogens is 1700 g/mol. The second-order valence-electron chi connectivity index (χ2n) is 23.0. The van der Waals surface area contributed by atoms with Crippen molar-refractivity contribution in [3.05, 3.63) is 451 Å². The van der Waals surface area contributed by atoms with E-state index in [1.807, 2.05) is 48.5 Å². The fraction of sp³-hybridized carbons (Fsp3) is 0. The first-order valence-electron chi connectivity index (χ1n) is 34.2. The molecule has 2 radical (unpaired) electrons. The summed E-state index contributed by atoms with van der Waals surface area (Å²) >= 11 is 9.83. The number of nitrogens with two attached hydrogens (primary N) is 2. The van der Waals surface area contributed by atoms with Gasteiger partial charge in [-0.3, -0.25) is 10.5 Å². The maximum absolute atomic E-state index is 6.00. The minimum Gasteiger partial charge on any atom is -0.368 e. The molecule has 8 nitrogen and oxygen atoms in total. The summed E-state index contributed by atoms with van der Waals surface area (Å²) in [7, 11) is 3.62. The summed E-state index contributed by atoms with van der Waals surface area (Å²) in [6, 6.07) is 145. The Hall–Kier alpha value is -9.35. The topological polar surface area (TPSA) is 144 Å². The van der Waals surface area contributed by atoms with Crippen LogP contribution in [0.5, 0.6) is 0 Å². The number of hydrogen-bond acceptors (Lipinski definition) is 8. The molecule has 2 heterocycles. The third-order valence-electron chi connectivity index (χ3n) is 15.5. The number of nitrogen functional groups attached to an aromatic ring is 2. The third-order valence-corrected chi connectivity index (χ3v) is 26.8. The van der Waals surface area contributed by atoms with E-state index in [0.29, 0.717) is 11.9 Å². The summed E-state index contributed by atoms with van der Waals surface area (Å²) < 4.78 is 2.95. The Morgan fingerprint density at radius 2 is 0.367 bits per heavy atom. The van der Waals surface area contributed by atoms with Gasteiger partial charge in [0, 0.05) is 59.7 Å². The minimum atomic E-state index is -0.446. The summed E-state index contributed by atoms with van der Waals surface area (Å²) in [5.41, 5.74) is 13.4. The number of hydrogen-bond donors (Lipinski definition) is 4. The van der Waals surface area contributed by atoms with Crippen molar-refractivity contribution in [2.24, 2.45) is 0 Å². The number of rotatable bonds is 13. The average molecular weight is 1780 g/mol. The van der Waals surface area contributed by atoms with Gasteiger partial charge in [0.15, 0.2) is 0 Å². The largest absolute Gasteiger partial charge is 0.368 e. The van der Waals surface area contributed by atoms with E-state index in [4.69, 9.17) is 29.8 Å². The van der Waals surface area contributed by atoms with Gasteiger partial charge in [-0.2, -0.15) is 0 Å². The van der Waals surface area contributed by atoms with Gasteiger partial charge in [0.1, 0.15) is 7.85 Å². The van der Waals surface area contributed by atoms with Crippen LogP contribution < -0.4 is 80.6 Å². The van der Waals surface area contributed by atoms with Crippen molar-refractivity contribution in [1.82, 2.24) is 19.9 Å². The first-order valence-corrected chi connectivity index (χ1v) is 42.0. The zero-order valence-corrected chi connectivity index (χ0v) is 69.1. The molecule has 0 aliphatic rings. The molecule has 0 saturated heterocycles. The Bertz CT molecular complexity index is 4060. The summed E-state index contributed by atoms with van der Waals surface area (Å²) in [6.07, 6.45) is 6.63. The van der Waals surface area contributed by atoms with Crippen molar-refractivity contribution in [3.63, 3.8) is 0 Å². The molecule has 17 heteroatoms. The van der Waals surface area contributed by atoms with Crippen molar-refractivity contribution in [1.29, 1.82) is 0 Å². The van der Waals surface area contributed by atoms with E-state index in [2.05, 4.69) is 432 Å². The quantitative estimate of drug-likeness (QED) is 0.0387. The number of aromatic nitrogens is 4. The van der Waals surface area contributed by atoms with Gasteiger partial charge in [0.2, 0.25) is 11.9 Å². The Morgan fingerprint density at radius 3 is 0.523 bits per heavy atom. The molecule has 2 aromatic heterocycles. The van der Waals surface area contributed by atoms with Crippen LogP contribution in [0.4, 0.5) is 11.9 Å². The summed E-state index contributed by atoms with van der Waals surface area (Å²) in [4.78, 5) is 15.3. The van der Waals surface area contributed by atoms with E-state index < -0.39 is 31.7 Å². The standard InChI is InChI=1S/4C18H15P.C10H8BrN3.C6H4BBr.C4H4BrN3.H2O2.Pd/c4*1-4-10-16(11-5-1)19(17-12-6-2-7-13-17)18-14-8-3-9-15-18;11-9-3-1-7(2-4-9)8-5-13-10(12)14-6-8;7-5-1-3-6(8)4-2-5;5-3-1-7-4(6)8-2-3;1-2;/h4*1-15H;1-6H,(H2,12,13,14);1-4H;1-2H,(H2,6,7,8);1-2H;. The second kappa shape index (κ2) is 48.9.